The lowest BCUT2D eigenvalue weighted by molar-refractivity contribution is -0.120. The second-order valence-corrected chi connectivity index (χ2v) is 5.45. The van der Waals surface area contributed by atoms with Crippen LogP contribution in [-0.2, 0) is 4.79 Å². The fourth-order valence-electron chi connectivity index (χ4n) is 2.28. The molecule has 4 nitrogen and oxygen atoms in total. The predicted molar refractivity (Wildman–Crippen MR) is 75.4 cm³/mol. The van der Waals surface area contributed by atoms with Crippen LogP contribution in [-0.4, -0.2) is 36.3 Å². The van der Waals surface area contributed by atoms with E-state index in [0.717, 1.165) is 15.6 Å². The Bertz CT molecular complexity index is 635. The van der Waals surface area contributed by atoms with Gasteiger partial charge in [-0.05, 0) is 6.07 Å². The molecule has 0 unspecified atom stereocenters. The van der Waals surface area contributed by atoms with Crippen molar-refractivity contribution in [1.82, 2.24) is 10.2 Å². The van der Waals surface area contributed by atoms with Gasteiger partial charge < -0.3 is 10.2 Å². The summed E-state index contributed by atoms with van der Waals surface area (Å²) in [5.41, 5.74) is 0.745. The van der Waals surface area contributed by atoms with Gasteiger partial charge in [-0.15, -0.1) is 11.3 Å². The first kappa shape index (κ1) is 12.2. The molecule has 3 rings (SSSR count). The molecule has 0 aliphatic carbocycles. The summed E-state index contributed by atoms with van der Waals surface area (Å²) in [6.45, 7) is 1.61. The first-order valence-electron chi connectivity index (χ1n) is 6.28. The molecule has 1 aliphatic rings. The minimum atomic E-state index is 0.0190. The van der Waals surface area contributed by atoms with Gasteiger partial charge in [-0.25, -0.2) is 0 Å². The number of hydrogen-bond acceptors (Lipinski definition) is 3. The third kappa shape index (κ3) is 2.33. The maximum Gasteiger partial charge on any atom is 0.255 e. The van der Waals surface area contributed by atoms with Crippen molar-refractivity contribution < 1.29 is 9.59 Å². The molecule has 0 spiro atoms. The second kappa shape index (κ2) is 5.01. The number of nitrogens with one attached hydrogen (secondary N) is 1. The number of fused-ring (bicyclic) bond motifs is 1. The minimum absolute atomic E-state index is 0.0190. The van der Waals surface area contributed by atoms with Crippen LogP contribution < -0.4 is 5.32 Å². The third-order valence-electron chi connectivity index (χ3n) is 3.31. The molecule has 1 fully saturated rings. The van der Waals surface area contributed by atoms with Crippen LogP contribution in [0, 0.1) is 0 Å². The van der Waals surface area contributed by atoms with Crippen molar-refractivity contribution in [3.05, 3.63) is 35.2 Å². The van der Waals surface area contributed by atoms with E-state index in [1.807, 2.05) is 29.6 Å². The monoisotopic (exact) mass is 274 g/mol. The molecule has 0 bridgehead atoms. The van der Waals surface area contributed by atoms with Crippen LogP contribution in [0.1, 0.15) is 16.8 Å². The maximum atomic E-state index is 12.5. The van der Waals surface area contributed by atoms with Gasteiger partial charge in [0.25, 0.3) is 5.91 Å². The van der Waals surface area contributed by atoms with E-state index in [4.69, 9.17) is 0 Å². The van der Waals surface area contributed by atoms with E-state index in [9.17, 15) is 9.59 Å². The van der Waals surface area contributed by atoms with Gasteiger partial charge in [0.1, 0.15) is 0 Å². The lowest BCUT2D eigenvalue weighted by Crippen LogP contribution is -2.34. The molecule has 1 aromatic heterocycles. The van der Waals surface area contributed by atoms with Crippen LogP contribution in [0.4, 0.5) is 0 Å². The van der Waals surface area contributed by atoms with Gasteiger partial charge in [0.05, 0.1) is 5.56 Å². The van der Waals surface area contributed by atoms with E-state index in [1.54, 1.807) is 16.2 Å². The van der Waals surface area contributed by atoms with Crippen molar-refractivity contribution in [1.29, 1.82) is 0 Å². The molecule has 0 atom stereocenters. The molecule has 2 aromatic rings. The molecule has 2 heterocycles. The average molecular weight is 274 g/mol. The van der Waals surface area contributed by atoms with Gasteiger partial charge in [-0.2, -0.15) is 0 Å². The van der Waals surface area contributed by atoms with Crippen molar-refractivity contribution in [2.24, 2.45) is 0 Å². The number of carbonyl (C=O) groups is 2. The highest BCUT2D eigenvalue weighted by molar-refractivity contribution is 7.17. The highest BCUT2D eigenvalue weighted by Gasteiger charge is 2.21. The molecular formula is C14H14N2O2S. The van der Waals surface area contributed by atoms with Gasteiger partial charge in [-0.3, -0.25) is 9.59 Å². The van der Waals surface area contributed by atoms with Crippen molar-refractivity contribution >= 4 is 33.2 Å². The number of nitrogens with zero attached hydrogens (tertiary/aromatic N) is 1. The van der Waals surface area contributed by atoms with Crippen molar-refractivity contribution in [2.75, 3.05) is 19.6 Å². The molecule has 1 N–H and O–H groups in total. The summed E-state index contributed by atoms with van der Waals surface area (Å²) < 4.78 is 1.12. The van der Waals surface area contributed by atoms with E-state index in [0.29, 0.717) is 26.1 Å². The Morgan fingerprint density at radius 2 is 2.11 bits per heavy atom. The number of thiophene rings is 1. The Hall–Kier alpha value is -1.88. The first-order chi connectivity index (χ1) is 9.25. The summed E-state index contributed by atoms with van der Waals surface area (Å²) in [6.07, 6.45) is 0.383. The molecule has 2 amide bonds. The first-order valence-corrected chi connectivity index (χ1v) is 7.16. The second-order valence-electron chi connectivity index (χ2n) is 4.54. The Morgan fingerprint density at radius 3 is 3.00 bits per heavy atom. The standard InChI is InChI=1S/C14H14N2O2S/c17-13-5-7-16(8-6-15-13)14(18)11-9-19-12-4-2-1-3-10(11)12/h1-4,9H,5-8H2,(H,15,17). The number of carbonyl (C=O) groups excluding carboxylic acids is 2. The van der Waals surface area contributed by atoms with Crippen molar-refractivity contribution in [3.63, 3.8) is 0 Å². The van der Waals surface area contributed by atoms with E-state index in [1.165, 1.54) is 0 Å². The Kier molecular flexibility index (Phi) is 3.21. The number of hydrogen-bond donors (Lipinski definition) is 1. The average Bonchev–Trinajstić information content (AvgIpc) is 2.74. The minimum Gasteiger partial charge on any atom is -0.354 e. The number of amides is 2. The Morgan fingerprint density at radius 1 is 1.26 bits per heavy atom. The topological polar surface area (TPSA) is 49.4 Å². The van der Waals surface area contributed by atoms with Gasteiger partial charge in [0, 0.05) is 41.5 Å². The summed E-state index contributed by atoms with van der Waals surface area (Å²) >= 11 is 1.58. The van der Waals surface area contributed by atoms with Crippen LogP contribution in [0.15, 0.2) is 29.6 Å². The molecule has 1 saturated heterocycles. The highest BCUT2D eigenvalue weighted by Crippen LogP contribution is 2.26. The molecule has 1 aliphatic heterocycles. The van der Waals surface area contributed by atoms with Crippen LogP contribution in [0.25, 0.3) is 10.1 Å². The maximum absolute atomic E-state index is 12.5. The van der Waals surface area contributed by atoms with Gasteiger partial charge in [0.15, 0.2) is 0 Å². The quantitative estimate of drug-likeness (QED) is 0.863. The Balaban J connectivity index is 1.89. The molecule has 0 saturated carbocycles. The van der Waals surface area contributed by atoms with Crippen LogP contribution in [0.2, 0.25) is 0 Å². The smallest absolute Gasteiger partial charge is 0.255 e. The van der Waals surface area contributed by atoms with Crippen LogP contribution in [0.5, 0.6) is 0 Å². The van der Waals surface area contributed by atoms with Crippen molar-refractivity contribution in [2.45, 2.75) is 6.42 Å². The van der Waals surface area contributed by atoms with Crippen molar-refractivity contribution in [3.8, 4) is 0 Å². The zero-order valence-electron chi connectivity index (χ0n) is 10.4. The molecule has 19 heavy (non-hydrogen) atoms. The highest BCUT2D eigenvalue weighted by atomic mass is 32.1. The summed E-state index contributed by atoms with van der Waals surface area (Å²) in [4.78, 5) is 25.6. The van der Waals surface area contributed by atoms with E-state index in [2.05, 4.69) is 5.32 Å². The normalized spacial score (nSPS) is 16.2. The molecule has 5 heteroatoms. The largest absolute Gasteiger partial charge is 0.354 e. The lowest BCUT2D eigenvalue weighted by Gasteiger charge is -2.19. The summed E-state index contributed by atoms with van der Waals surface area (Å²) in [5, 5.41) is 5.69. The van der Waals surface area contributed by atoms with Gasteiger partial charge in [0.2, 0.25) is 5.91 Å². The Labute approximate surface area is 115 Å². The molecule has 98 valence electrons. The van der Waals surface area contributed by atoms with Crippen LogP contribution >= 0.6 is 11.3 Å². The van der Waals surface area contributed by atoms with E-state index in [-0.39, 0.29) is 11.8 Å². The van der Waals surface area contributed by atoms with Crippen LogP contribution in [0.3, 0.4) is 0 Å². The summed E-state index contributed by atoms with van der Waals surface area (Å²) in [6, 6.07) is 7.91. The van der Waals surface area contributed by atoms with E-state index >= 15 is 0 Å². The number of benzene rings is 1. The zero-order chi connectivity index (χ0) is 13.2. The SMILES string of the molecule is O=C1CCN(C(=O)c2csc3ccccc23)CCN1. The molecule has 1 aromatic carbocycles. The molecular weight excluding hydrogens is 260 g/mol. The fraction of sp³-hybridized carbons (Fsp3) is 0.286. The lowest BCUT2D eigenvalue weighted by atomic mass is 10.1. The summed E-state index contributed by atoms with van der Waals surface area (Å²) in [5.74, 6) is 0.0411. The van der Waals surface area contributed by atoms with Gasteiger partial charge in [-0.1, -0.05) is 18.2 Å². The number of rotatable bonds is 1. The van der Waals surface area contributed by atoms with E-state index < -0.39 is 0 Å². The summed E-state index contributed by atoms with van der Waals surface area (Å²) in [7, 11) is 0. The third-order valence-corrected chi connectivity index (χ3v) is 4.27. The molecule has 0 radical (unpaired) electrons. The zero-order valence-corrected chi connectivity index (χ0v) is 11.2. The van der Waals surface area contributed by atoms with Gasteiger partial charge >= 0.3 is 0 Å². The fourth-order valence-corrected chi connectivity index (χ4v) is 3.22. The predicted octanol–water partition coefficient (Wildman–Crippen LogP) is 1.86.